The van der Waals surface area contributed by atoms with Crippen molar-refractivity contribution >= 4 is 11.6 Å². The number of carbonyl (C=O) groups is 1. The molecular formula is C12H17NO. The van der Waals surface area contributed by atoms with Gasteiger partial charge in [-0.2, -0.15) is 0 Å². The van der Waals surface area contributed by atoms with E-state index in [-0.39, 0.29) is 11.9 Å². The van der Waals surface area contributed by atoms with Gasteiger partial charge in [0, 0.05) is 18.7 Å². The maximum Gasteiger partial charge on any atom is 0.224 e. The molecule has 0 N–H and O–H groups in total. The fourth-order valence-corrected chi connectivity index (χ4v) is 1.55. The van der Waals surface area contributed by atoms with E-state index < -0.39 is 0 Å². The molecule has 0 spiro atoms. The van der Waals surface area contributed by atoms with Gasteiger partial charge in [-0.3, -0.25) is 4.79 Å². The van der Waals surface area contributed by atoms with Crippen molar-refractivity contribution in [3.63, 3.8) is 0 Å². The molecule has 2 heteroatoms. The fraction of sp³-hybridized carbons (Fsp3) is 0.417. The van der Waals surface area contributed by atoms with Gasteiger partial charge in [-0.1, -0.05) is 17.7 Å². The third-order valence-electron chi connectivity index (χ3n) is 2.17. The first-order chi connectivity index (χ1) is 6.52. The Balaban J connectivity index is 3.00. The van der Waals surface area contributed by atoms with Crippen LogP contribution in [0.4, 0.5) is 5.69 Å². The minimum atomic E-state index is 0.0869. The molecule has 14 heavy (non-hydrogen) atoms. The van der Waals surface area contributed by atoms with Crippen LogP contribution in [0, 0.1) is 6.92 Å². The third-order valence-corrected chi connectivity index (χ3v) is 2.17. The Bertz CT molecular complexity index is 314. The highest BCUT2D eigenvalue weighted by Gasteiger charge is 2.14. The molecule has 2 nitrogen and oxygen atoms in total. The lowest BCUT2D eigenvalue weighted by molar-refractivity contribution is -0.116. The largest absolute Gasteiger partial charge is 0.310 e. The van der Waals surface area contributed by atoms with Crippen molar-refractivity contribution in [2.24, 2.45) is 0 Å². The second kappa shape index (κ2) is 4.27. The normalized spacial score (nSPS) is 10.4. The summed E-state index contributed by atoms with van der Waals surface area (Å²) < 4.78 is 0. The number of anilines is 1. The molecule has 0 aromatic heterocycles. The van der Waals surface area contributed by atoms with E-state index in [2.05, 4.69) is 0 Å². The summed E-state index contributed by atoms with van der Waals surface area (Å²) in [6.07, 6.45) is 0. The molecule has 1 aromatic carbocycles. The van der Waals surface area contributed by atoms with Gasteiger partial charge in [-0.05, 0) is 32.9 Å². The quantitative estimate of drug-likeness (QED) is 0.704. The minimum absolute atomic E-state index is 0.0869. The van der Waals surface area contributed by atoms with E-state index in [9.17, 15) is 4.79 Å². The number of hydrogen-bond acceptors (Lipinski definition) is 1. The minimum Gasteiger partial charge on any atom is -0.310 e. The Morgan fingerprint density at radius 2 is 1.71 bits per heavy atom. The van der Waals surface area contributed by atoms with Gasteiger partial charge in [0.1, 0.15) is 0 Å². The lowest BCUT2D eigenvalue weighted by Gasteiger charge is -2.25. The molecular weight excluding hydrogens is 174 g/mol. The van der Waals surface area contributed by atoms with Crippen LogP contribution >= 0.6 is 0 Å². The number of carbonyl (C=O) groups excluding carboxylic acids is 1. The van der Waals surface area contributed by atoms with E-state index in [1.54, 1.807) is 11.8 Å². The number of hydrogen-bond donors (Lipinski definition) is 0. The van der Waals surface area contributed by atoms with Crippen LogP contribution in [0.1, 0.15) is 26.3 Å². The van der Waals surface area contributed by atoms with Gasteiger partial charge in [0.15, 0.2) is 0 Å². The molecule has 0 unspecified atom stereocenters. The zero-order valence-electron chi connectivity index (χ0n) is 9.24. The van der Waals surface area contributed by atoms with Gasteiger partial charge in [-0.15, -0.1) is 0 Å². The van der Waals surface area contributed by atoms with E-state index in [1.165, 1.54) is 5.56 Å². The summed E-state index contributed by atoms with van der Waals surface area (Å²) in [4.78, 5) is 13.2. The van der Waals surface area contributed by atoms with Crippen LogP contribution in [0.25, 0.3) is 0 Å². The highest BCUT2D eigenvalue weighted by Crippen LogP contribution is 2.17. The molecule has 0 fully saturated rings. The molecule has 0 aliphatic carbocycles. The number of nitrogens with zero attached hydrogens (tertiary/aromatic N) is 1. The standard InChI is InChI=1S/C12H17NO/c1-9(2)13(11(4)14)12-7-5-10(3)6-8-12/h5-9H,1-4H3. The van der Waals surface area contributed by atoms with Crippen molar-refractivity contribution in [3.05, 3.63) is 29.8 Å². The van der Waals surface area contributed by atoms with Gasteiger partial charge >= 0.3 is 0 Å². The SMILES string of the molecule is CC(=O)N(c1ccc(C)cc1)C(C)C. The number of aryl methyl sites for hydroxylation is 1. The van der Waals surface area contributed by atoms with Crippen molar-refractivity contribution in [2.75, 3.05) is 4.90 Å². The van der Waals surface area contributed by atoms with Crippen LogP contribution in [0.5, 0.6) is 0 Å². The Kier molecular flexibility index (Phi) is 3.28. The van der Waals surface area contributed by atoms with Gasteiger partial charge in [0.2, 0.25) is 5.91 Å². The third kappa shape index (κ3) is 2.34. The predicted molar refractivity (Wildman–Crippen MR) is 59.5 cm³/mol. The number of benzene rings is 1. The smallest absolute Gasteiger partial charge is 0.224 e. The average molecular weight is 191 g/mol. The van der Waals surface area contributed by atoms with E-state index in [1.807, 2.05) is 45.0 Å². The van der Waals surface area contributed by atoms with E-state index >= 15 is 0 Å². The Labute approximate surface area is 85.5 Å². The molecule has 0 saturated carbocycles. The maximum absolute atomic E-state index is 11.4. The zero-order chi connectivity index (χ0) is 10.7. The van der Waals surface area contributed by atoms with Crippen molar-refractivity contribution < 1.29 is 4.79 Å². The maximum atomic E-state index is 11.4. The van der Waals surface area contributed by atoms with Crippen molar-refractivity contribution in [2.45, 2.75) is 33.7 Å². The topological polar surface area (TPSA) is 20.3 Å². The van der Waals surface area contributed by atoms with Crippen molar-refractivity contribution in [1.29, 1.82) is 0 Å². The molecule has 0 saturated heterocycles. The molecule has 0 aliphatic rings. The molecule has 1 amide bonds. The molecule has 1 rings (SSSR count). The van der Waals surface area contributed by atoms with Crippen molar-refractivity contribution in [1.82, 2.24) is 0 Å². The molecule has 0 heterocycles. The zero-order valence-corrected chi connectivity index (χ0v) is 9.24. The molecule has 0 radical (unpaired) electrons. The van der Waals surface area contributed by atoms with E-state index in [4.69, 9.17) is 0 Å². The molecule has 0 aliphatic heterocycles. The molecule has 1 aromatic rings. The van der Waals surface area contributed by atoms with Crippen LogP contribution in [0.2, 0.25) is 0 Å². The first-order valence-corrected chi connectivity index (χ1v) is 4.89. The summed E-state index contributed by atoms with van der Waals surface area (Å²) in [6.45, 7) is 7.67. The summed E-state index contributed by atoms with van der Waals surface area (Å²) in [5, 5.41) is 0. The lowest BCUT2D eigenvalue weighted by Crippen LogP contribution is -2.34. The van der Waals surface area contributed by atoms with Crippen LogP contribution in [-0.2, 0) is 4.79 Å². The van der Waals surface area contributed by atoms with E-state index in [0.29, 0.717) is 0 Å². The van der Waals surface area contributed by atoms with Crippen LogP contribution in [0.15, 0.2) is 24.3 Å². The Morgan fingerprint density at radius 3 is 2.07 bits per heavy atom. The van der Waals surface area contributed by atoms with Gasteiger partial charge in [0.05, 0.1) is 0 Å². The predicted octanol–water partition coefficient (Wildman–Crippen LogP) is 2.76. The monoisotopic (exact) mass is 191 g/mol. The number of amides is 1. The van der Waals surface area contributed by atoms with Crippen molar-refractivity contribution in [3.8, 4) is 0 Å². The summed E-state index contributed by atoms with van der Waals surface area (Å²) in [5.41, 5.74) is 2.18. The molecule has 0 atom stereocenters. The summed E-state index contributed by atoms with van der Waals surface area (Å²) in [5.74, 6) is 0.0869. The summed E-state index contributed by atoms with van der Waals surface area (Å²) >= 11 is 0. The van der Waals surface area contributed by atoms with Gasteiger partial charge in [-0.25, -0.2) is 0 Å². The Morgan fingerprint density at radius 1 is 1.21 bits per heavy atom. The second-order valence-corrected chi connectivity index (χ2v) is 3.82. The highest BCUT2D eigenvalue weighted by atomic mass is 16.2. The first kappa shape index (κ1) is 10.8. The Hall–Kier alpha value is -1.31. The highest BCUT2D eigenvalue weighted by molar-refractivity contribution is 5.91. The summed E-state index contributed by atoms with van der Waals surface area (Å²) in [7, 11) is 0. The molecule has 76 valence electrons. The van der Waals surface area contributed by atoms with Gasteiger partial charge in [0.25, 0.3) is 0 Å². The van der Waals surface area contributed by atoms with Crippen LogP contribution < -0.4 is 4.90 Å². The average Bonchev–Trinajstić information content (AvgIpc) is 2.07. The summed E-state index contributed by atoms with van der Waals surface area (Å²) in [6, 6.07) is 8.21. The van der Waals surface area contributed by atoms with E-state index in [0.717, 1.165) is 5.69 Å². The lowest BCUT2D eigenvalue weighted by atomic mass is 10.2. The second-order valence-electron chi connectivity index (χ2n) is 3.82. The van der Waals surface area contributed by atoms with Crippen LogP contribution in [-0.4, -0.2) is 11.9 Å². The fourth-order valence-electron chi connectivity index (χ4n) is 1.55. The van der Waals surface area contributed by atoms with Gasteiger partial charge < -0.3 is 4.90 Å². The first-order valence-electron chi connectivity index (χ1n) is 4.89. The number of rotatable bonds is 2. The van der Waals surface area contributed by atoms with Crippen LogP contribution in [0.3, 0.4) is 0 Å². The molecule has 0 bridgehead atoms.